The molecule has 2 N–H and O–H groups in total. The average Bonchev–Trinajstić information content (AvgIpc) is 3.27. The predicted molar refractivity (Wildman–Crippen MR) is 129 cm³/mol. The molecule has 0 saturated heterocycles. The van der Waals surface area contributed by atoms with Crippen LogP contribution in [-0.2, 0) is 12.7 Å². The molecule has 0 radical (unpaired) electrons. The van der Waals surface area contributed by atoms with Crippen LogP contribution in [0.5, 0.6) is 0 Å². The van der Waals surface area contributed by atoms with Crippen LogP contribution in [0.15, 0.2) is 41.7 Å². The van der Waals surface area contributed by atoms with Gasteiger partial charge in [0.15, 0.2) is 0 Å². The second-order valence-corrected chi connectivity index (χ2v) is 10.0. The highest BCUT2D eigenvalue weighted by molar-refractivity contribution is 7.97. The van der Waals surface area contributed by atoms with Gasteiger partial charge in [-0.05, 0) is 48.9 Å². The third kappa shape index (κ3) is 6.72. The SMILES string of the molecule is CC(C)Cn1cc(-c2nc(Nc3ccc(SNC4CCCCC4)cc3F)ncc2C(F)(F)F)cn1. The Bertz CT molecular complexity index is 1140. The third-order valence-electron chi connectivity index (χ3n) is 5.69. The summed E-state index contributed by atoms with van der Waals surface area (Å²) < 4.78 is 60.6. The minimum atomic E-state index is -4.65. The van der Waals surface area contributed by atoms with Crippen LogP contribution in [0.4, 0.5) is 29.2 Å². The van der Waals surface area contributed by atoms with Gasteiger partial charge in [0.25, 0.3) is 0 Å². The largest absolute Gasteiger partial charge is 0.419 e. The molecular weight excluding hydrogens is 480 g/mol. The van der Waals surface area contributed by atoms with Gasteiger partial charge in [-0.25, -0.2) is 14.4 Å². The van der Waals surface area contributed by atoms with Crippen molar-refractivity contribution in [3.8, 4) is 11.3 Å². The maximum atomic E-state index is 14.8. The zero-order valence-corrected chi connectivity index (χ0v) is 20.4. The van der Waals surface area contributed by atoms with E-state index in [2.05, 4.69) is 25.1 Å². The fraction of sp³-hybridized carbons (Fsp3) is 0.458. The summed E-state index contributed by atoms with van der Waals surface area (Å²) in [6.07, 6.45) is 4.79. The molecule has 0 unspecified atom stereocenters. The van der Waals surface area contributed by atoms with E-state index in [4.69, 9.17) is 0 Å². The third-order valence-corrected chi connectivity index (χ3v) is 6.63. The quantitative estimate of drug-likeness (QED) is 0.257. The van der Waals surface area contributed by atoms with Crippen LogP contribution in [0.3, 0.4) is 0 Å². The van der Waals surface area contributed by atoms with Crippen molar-refractivity contribution in [3.63, 3.8) is 0 Å². The van der Waals surface area contributed by atoms with Crippen LogP contribution in [0, 0.1) is 11.7 Å². The summed E-state index contributed by atoms with van der Waals surface area (Å²) in [5, 5.41) is 6.86. The zero-order valence-electron chi connectivity index (χ0n) is 19.6. The number of nitrogens with zero attached hydrogens (tertiary/aromatic N) is 4. The lowest BCUT2D eigenvalue weighted by Crippen LogP contribution is -2.25. The first kappa shape index (κ1) is 25.4. The van der Waals surface area contributed by atoms with Gasteiger partial charge in [-0.15, -0.1) is 0 Å². The molecule has 0 bridgehead atoms. The van der Waals surface area contributed by atoms with Crippen molar-refractivity contribution in [1.82, 2.24) is 24.5 Å². The lowest BCUT2D eigenvalue weighted by molar-refractivity contribution is -0.137. The molecule has 1 aromatic carbocycles. The van der Waals surface area contributed by atoms with E-state index in [-0.39, 0.29) is 28.8 Å². The molecular formula is C24H28F4N6S. The molecule has 1 fully saturated rings. The number of hydrogen-bond donors (Lipinski definition) is 2. The summed E-state index contributed by atoms with van der Waals surface area (Å²) in [5.41, 5.74) is -1.000. The molecule has 6 nitrogen and oxygen atoms in total. The number of aromatic nitrogens is 4. The van der Waals surface area contributed by atoms with E-state index < -0.39 is 17.6 Å². The van der Waals surface area contributed by atoms with E-state index in [0.29, 0.717) is 23.7 Å². The summed E-state index contributed by atoms with van der Waals surface area (Å²) in [6.45, 7) is 4.53. The topological polar surface area (TPSA) is 67.7 Å². The Labute approximate surface area is 206 Å². The Morgan fingerprint density at radius 2 is 1.91 bits per heavy atom. The van der Waals surface area contributed by atoms with Crippen LogP contribution in [0.25, 0.3) is 11.3 Å². The first-order valence-electron chi connectivity index (χ1n) is 11.6. The van der Waals surface area contributed by atoms with E-state index in [1.54, 1.807) is 10.7 Å². The highest BCUT2D eigenvalue weighted by atomic mass is 32.2. The van der Waals surface area contributed by atoms with Gasteiger partial charge in [-0.1, -0.05) is 33.1 Å². The molecule has 1 saturated carbocycles. The zero-order chi connectivity index (χ0) is 25.0. The van der Waals surface area contributed by atoms with E-state index in [0.717, 1.165) is 12.8 Å². The Morgan fingerprint density at radius 1 is 1.14 bits per heavy atom. The van der Waals surface area contributed by atoms with Crippen LogP contribution in [0.1, 0.15) is 51.5 Å². The lowest BCUT2D eigenvalue weighted by atomic mass is 9.96. The van der Waals surface area contributed by atoms with Gasteiger partial charge >= 0.3 is 6.18 Å². The fourth-order valence-corrected chi connectivity index (χ4v) is 4.82. The number of alkyl halides is 3. The Balaban J connectivity index is 1.53. The molecule has 188 valence electrons. The standard InChI is InChI=1S/C24H28F4N6S/c1-15(2)13-34-14-16(11-30-34)22-19(24(26,27)28)12-29-23(32-22)31-21-9-8-18(10-20(21)25)35-33-17-6-4-3-5-7-17/h8-12,14-15,17,33H,3-7,13H2,1-2H3,(H,29,31,32). The first-order valence-corrected chi connectivity index (χ1v) is 12.5. The molecule has 0 aliphatic heterocycles. The molecule has 1 aliphatic carbocycles. The van der Waals surface area contributed by atoms with Crippen molar-refractivity contribution in [1.29, 1.82) is 0 Å². The minimum absolute atomic E-state index is 0.0771. The van der Waals surface area contributed by atoms with Gasteiger partial charge in [0.05, 0.1) is 17.6 Å². The van der Waals surface area contributed by atoms with Crippen LogP contribution in [-0.4, -0.2) is 25.8 Å². The number of halogens is 4. The van der Waals surface area contributed by atoms with Crippen LogP contribution < -0.4 is 10.0 Å². The highest BCUT2D eigenvalue weighted by Gasteiger charge is 2.36. The van der Waals surface area contributed by atoms with Crippen LogP contribution in [0.2, 0.25) is 0 Å². The van der Waals surface area contributed by atoms with Gasteiger partial charge in [0.2, 0.25) is 5.95 Å². The Morgan fingerprint density at radius 3 is 2.60 bits per heavy atom. The normalized spacial score (nSPS) is 15.1. The second-order valence-electron chi connectivity index (χ2n) is 9.12. The van der Waals surface area contributed by atoms with E-state index in [1.807, 2.05) is 13.8 Å². The number of anilines is 2. The number of hydrogen-bond acceptors (Lipinski definition) is 6. The fourth-order valence-electron chi connectivity index (χ4n) is 3.98. The van der Waals surface area contributed by atoms with Crippen LogP contribution >= 0.6 is 11.9 Å². The first-order chi connectivity index (χ1) is 16.7. The van der Waals surface area contributed by atoms with Gasteiger partial charge < -0.3 is 5.32 Å². The molecule has 0 spiro atoms. The summed E-state index contributed by atoms with van der Waals surface area (Å²) in [6, 6.07) is 5.07. The lowest BCUT2D eigenvalue weighted by Gasteiger charge is -2.22. The van der Waals surface area contributed by atoms with E-state index in [1.165, 1.54) is 55.7 Å². The van der Waals surface area contributed by atoms with Crippen molar-refractivity contribution in [3.05, 3.63) is 48.2 Å². The molecule has 2 heterocycles. The molecule has 0 atom stereocenters. The summed E-state index contributed by atoms with van der Waals surface area (Å²) >= 11 is 1.38. The number of nitrogens with one attached hydrogen (secondary N) is 2. The highest BCUT2D eigenvalue weighted by Crippen LogP contribution is 2.36. The van der Waals surface area contributed by atoms with Crippen molar-refractivity contribution >= 4 is 23.6 Å². The van der Waals surface area contributed by atoms with Gasteiger partial charge in [0, 0.05) is 35.4 Å². The average molecular weight is 509 g/mol. The summed E-state index contributed by atoms with van der Waals surface area (Å²) in [5.74, 6) is -0.408. The van der Waals surface area contributed by atoms with Crippen molar-refractivity contribution < 1.29 is 17.6 Å². The van der Waals surface area contributed by atoms with Gasteiger partial charge in [-0.3, -0.25) is 9.40 Å². The predicted octanol–water partition coefficient (Wildman–Crippen LogP) is 6.83. The van der Waals surface area contributed by atoms with Gasteiger partial charge in [0.1, 0.15) is 11.4 Å². The van der Waals surface area contributed by atoms with Crippen molar-refractivity contribution in [2.45, 2.75) is 69.6 Å². The number of rotatable bonds is 8. The molecule has 1 aliphatic rings. The maximum Gasteiger partial charge on any atom is 0.419 e. The molecule has 3 aromatic rings. The molecule has 11 heteroatoms. The number of benzene rings is 1. The van der Waals surface area contributed by atoms with E-state index >= 15 is 0 Å². The molecule has 4 rings (SSSR count). The molecule has 0 amide bonds. The maximum absolute atomic E-state index is 14.8. The molecule has 2 aromatic heterocycles. The van der Waals surface area contributed by atoms with Crippen molar-refractivity contribution in [2.24, 2.45) is 5.92 Å². The second kappa shape index (κ2) is 10.9. The van der Waals surface area contributed by atoms with Crippen molar-refractivity contribution in [2.75, 3.05) is 5.32 Å². The Hall–Kier alpha value is -2.66. The monoisotopic (exact) mass is 508 g/mol. The van der Waals surface area contributed by atoms with E-state index in [9.17, 15) is 17.6 Å². The minimum Gasteiger partial charge on any atom is -0.322 e. The molecule has 35 heavy (non-hydrogen) atoms. The van der Waals surface area contributed by atoms with Gasteiger partial charge in [-0.2, -0.15) is 18.3 Å². The summed E-state index contributed by atoms with van der Waals surface area (Å²) in [4.78, 5) is 8.58. The summed E-state index contributed by atoms with van der Waals surface area (Å²) in [7, 11) is 0. The Kier molecular flexibility index (Phi) is 7.95. The smallest absolute Gasteiger partial charge is 0.322 e.